The molecule has 0 spiro atoms. The van der Waals surface area contributed by atoms with E-state index in [4.69, 9.17) is 14.0 Å². The van der Waals surface area contributed by atoms with E-state index in [1.165, 1.54) is 18.2 Å². The minimum absolute atomic E-state index is 0.0935. The molecule has 1 unspecified atom stereocenters. The Kier molecular flexibility index (Phi) is 8.52. The predicted molar refractivity (Wildman–Crippen MR) is 133 cm³/mol. The minimum Gasteiger partial charge on any atom is -0.493 e. The average Bonchev–Trinajstić information content (AvgIpc) is 3.34. The van der Waals surface area contributed by atoms with Crippen molar-refractivity contribution in [3.63, 3.8) is 0 Å². The van der Waals surface area contributed by atoms with Gasteiger partial charge in [0, 0.05) is 18.2 Å². The number of ether oxygens (including phenoxy) is 2. The number of benzene rings is 2. The molecule has 3 rings (SSSR count). The zero-order valence-corrected chi connectivity index (χ0v) is 21.4. The highest BCUT2D eigenvalue weighted by Gasteiger charge is 2.20. The highest BCUT2D eigenvalue weighted by molar-refractivity contribution is 7.91. The van der Waals surface area contributed by atoms with Crippen molar-refractivity contribution in [3.05, 3.63) is 59.8 Å². The lowest BCUT2D eigenvalue weighted by Crippen LogP contribution is -2.34. The molecule has 0 bridgehead atoms. The van der Waals surface area contributed by atoms with Gasteiger partial charge < -0.3 is 24.2 Å². The first-order valence-corrected chi connectivity index (χ1v) is 12.8. The molecule has 0 saturated carbocycles. The second kappa shape index (κ2) is 11.4. The SMILES string of the molecule is CCCS(=O)(=O)c1ccc(-c2cc(C(=O)NCC(c3ccc(OC)c(OC)c3)N(C)C)no2)cc1. The summed E-state index contributed by atoms with van der Waals surface area (Å²) in [4.78, 5) is 15.0. The van der Waals surface area contributed by atoms with Crippen molar-refractivity contribution < 1.29 is 27.2 Å². The molecule has 1 atom stereocenters. The number of likely N-dealkylation sites (N-methyl/N-ethyl adjacent to an activating group) is 1. The molecule has 1 heterocycles. The van der Waals surface area contributed by atoms with Crippen molar-refractivity contribution in [1.82, 2.24) is 15.4 Å². The van der Waals surface area contributed by atoms with E-state index in [-0.39, 0.29) is 28.3 Å². The maximum Gasteiger partial charge on any atom is 0.273 e. The molecule has 10 heteroatoms. The maximum absolute atomic E-state index is 12.8. The molecule has 1 aromatic heterocycles. The van der Waals surface area contributed by atoms with Crippen LogP contribution in [-0.4, -0.2) is 65.0 Å². The summed E-state index contributed by atoms with van der Waals surface area (Å²) < 4.78 is 40.5. The maximum atomic E-state index is 12.8. The number of carbonyl (C=O) groups excluding carboxylic acids is 1. The minimum atomic E-state index is -3.30. The summed E-state index contributed by atoms with van der Waals surface area (Å²) >= 11 is 0. The number of sulfone groups is 1. The Morgan fingerprint density at radius 3 is 2.34 bits per heavy atom. The Balaban J connectivity index is 1.70. The lowest BCUT2D eigenvalue weighted by Gasteiger charge is -2.25. The normalized spacial score (nSPS) is 12.4. The molecule has 2 aromatic carbocycles. The molecule has 188 valence electrons. The Labute approximate surface area is 205 Å². The highest BCUT2D eigenvalue weighted by atomic mass is 32.2. The number of carbonyl (C=O) groups is 1. The molecule has 0 aliphatic rings. The summed E-state index contributed by atoms with van der Waals surface area (Å²) in [5.74, 6) is 1.32. The van der Waals surface area contributed by atoms with Gasteiger partial charge in [0.2, 0.25) is 0 Å². The summed E-state index contributed by atoms with van der Waals surface area (Å²) in [6.45, 7) is 2.15. The number of nitrogens with one attached hydrogen (secondary N) is 1. The summed E-state index contributed by atoms with van der Waals surface area (Å²) in [7, 11) is 3.70. The van der Waals surface area contributed by atoms with Crippen LogP contribution in [0.25, 0.3) is 11.3 Å². The molecule has 0 fully saturated rings. The standard InChI is InChI=1S/C25H31N3O6S/c1-6-13-35(30,31)19-10-7-17(8-11-19)23-15-20(27-34-23)25(29)26-16-21(28(2)3)18-9-12-22(32-4)24(14-18)33-5/h7-12,14-15,21H,6,13,16H2,1-5H3,(H,26,29). The largest absolute Gasteiger partial charge is 0.493 e. The third-order valence-electron chi connectivity index (χ3n) is 5.59. The fraction of sp³-hybridized carbons (Fsp3) is 0.360. The van der Waals surface area contributed by atoms with Crippen LogP contribution in [0.1, 0.15) is 35.4 Å². The number of aromatic nitrogens is 1. The van der Waals surface area contributed by atoms with E-state index in [2.05, 4.69) is 10.5 Å². The van der Waals surface area contributed by atoms with Crippen molar-refractivity contribution in [2.45, 2.75) is 24.3 Å². The Morgan fingerprint density at radius 2 is 1.74 bits per heavy atom. The number of rotatable bonds is 11. The molecule has 1 N–H and O–H groups in total. The van der Waals surface area contributed by atoms with E-state index in [1.54, 1.807) is 26.4 Å². The first-order chi connectivity index (χ1) is 16.7. The van der Waals surface area contributed by atoms with Crippen LogP contribution in [0.4, 0.5) is 0 Å². The topological polar surface area (TPSA) is 111 Å². The number of nitrogens with zero attached hydrogens (tertiary/aromatic N) is 2. The van der Waals surface area contributed by atoms with Crippen LogP contribution in [-0.2, 0) is 9.84 Å². The van der Waals surface area contributed by atoms with Crippen molar-refractivity contribution in [2.24, 2.45) is 0 Å². The first-order valence-electron chi connectivity index (χ1n) is 11.2. The van der Waals surface area contributed by atoms with Crippen LogP contribution in [0.15, 0.2) is 57.9 Å². The van der Waals surface area contributed by atoms with Crippen molar-refractivity contribution >= 4 is 15.7 Å². The van der Waals surface area contributed by atoms with Gasteiger partial charge in [-0.2, -0.15) is 0 Å². The fourth-order valence-corrected chi connectivity index (χ4v) is 4.99. The van der Waals surface area contributed by atoms with Crippen molar-refractivity contribution in [2.75, 3.05) is 40.6 Å². The number of hydrogen-bond acceptors (Lipinski definition) is 8. The van der Waals surface area contributed by atoms with E-state index >= 15 is 0 Å². The highest BCUT2D eigenvalue weighted by Crippen LogP contribution is 2.31. The fourth-order valence-electron chi connectivity index (χ4n) is 3.67. The van der Waals surface area contributed by atoms with Crippen LogP contribution in [0.3, 0.4) is 0 Å². The molecule has 35 heavy (non-hydrogen) atoms. The second-order valence-electron chi connectivity index (χ2n) is 8.22. The number of hydrogen-bond donors (Lipinski definition) is 1. The van der Waals surface area contributed by atoms with Gasteiger partial charge >= 0.3 is 0 Å². The van der Waals surface area contributed by atoms with Gasteiger partial charge in [-0.1, -0.05) is 18.1 Å². The molecule has 3 aromatic rings. The monoisotopic (exact) mass is 501 g/mol. The lowest BCUT2D eigenvalue weighted by atomic mass is 10.0. The van der Waals surface area contributed by atoms with Gasteiger partial charge in [0.1, 0.15) is 0 Å². The van der Waals surface area contributed by atoms with Gasteiger partial charge in [0.05, 0.1) is 30.9 Å². The smallest absolute Gasteiger partial charge is 0.273 e. The van der Waals surface area contributed by atoms with Gasteiger partial charge in [-0.25, -0.2) is 8.42 Å². The van der Waals surface area contributed by atoms with Crippen LogP contribution in [0.5, 0.6) is 11.5 Å². The second-order valence-corrected chi connectivity index (χ2v) is 10.3. The van der Waals surface area contributed by atoms with Crippen LogP contribution in [0.2, 0.25) is 0 Å². The number of methoxy groups -OCH3 is 2. The molecule has 1 amide bonds. The average molecular weight is 502 g/mol. The van der Waals surface area contributed by atoms with Crippen LogP contribution in [0, 0.1) is 0 Å². The Hall–Kier alpha value is -3.37. The molecule has 0 aliphatic carbocycles. The first kappa shape index (κ1) is 26.2. The van der Waals surface area contributed by atoms with Crippen molar-refractivity contribution in [1.29, 1.82) is 0 Å². The molecular formula is C25H31N3O6S. The van der Waals surface area contributed by atoms with E-state index < -0.39 is 9.84 Å². The summed E-state index contributed by atoms with van der Waals surface area (Å²) in [6.07, 6.45) is 0.547. The van der Waals surface area contributed by atoms with Gasteiger partial charge in [-0.15, -0.1) is 0 Å². The molecule has 0 radical (unpaired) electrons. The zero-order chi connectivity index (χ0) is 25.6. The summed E-state index contributed by atoms with van der Waals surface area (Å²) in [5, 5.41) is 6.78. The van der Waals surface area contributed by atoms with Gasteiger partial charge in [-0.05, 0) is 62.5 Å². The number of amides is 1. The summed E-state index contributed by atoms with van der Waals surface area (Å²) in [5.41, 5.74) is 1.71. The quantitative estimate of drug-likeness (QED) is 0.425. The predicted octanol–water partition coefficient (Wildman–Crippen LogP) is 3.58. The van der Waals surface area contributed by atoms with E-state index in [0.717, 1.165) is 5.56 Å². The molecular weight excluding hydrogens is 470 g/mol. The van der Waals surface area contributed by atoms with E-state index in [9.17, 15) is 13.2 Å². The van der Waals surface area contributed by atoms with Crippen LogP contribution >= 0.6 is 0 Å². The van der Waals surface area contributed by atoms with Crippen molar-refractivity contribution in [3.8, 4) is 22.8 Å². The Bertz CT molecular complexity index is 1250. The molecule has 0 aliphatic heterocycles. The third kappa shape index (κ3) is 6.20. The van der Waals surface area contributed by atoms with Gasteiger partial charge in [-0.3, -0.25) is 4.79 Å². The molecule has 0 saturated heterocycles. The lowest BCUT2D eigenvalue weighted by molar-refractivity contribution is 0.0933. The Morgan fingerprint density at radius 1 is 1.06 bits per heavy atom. The van der Waals surface area contributed by atoms with Gasteiger partial charge in [0.25, 0.3) is 5.91 Å². The molecule has 9 nitrogen and oxygen atoms in total. The van der Waals surface area contributed by atoms with Crippen LogP contribution < -0.4 is 14.8 Å². The van der Waals surface area contributed by atoms with E-state index in [0.29, 0.717) is 35.8 Å². The van der Waals surface area contributed by atoms with Gasteiger partial charge in [0.15, 0.2) is 32.8 Å². The third-order valence-corrected chi connectivity index (χ3v) is 7.52. The summed E-state index contributed by atoms with van der Waals surface area (Å²) in [6, 6.07) is 13.4. The zero-order valence-electron chi connectivity index (χ0n) is 20.6. The van der Waals surface area contributed by atoms with E-state index in [1.807, 2.05) is 44.1 Å².